The minimum absolute atomic E-state index is 0.510. The molecule has 112 valence electrons. The molecule has 2 rings (SSSR count). The Kier molecular flexibility index (Phi) is 5.92. The van der Waals surface area contributed by atoms with Crippen molar-refractivity contribution in [1.82, 2.24) is 0 Å². The van der Waals surface area contributed by atoms with Gasteiger partial charge in [0, 0.05) is 10.2 Å². The molecule has 0 heterocycles. The lowest BCUT2D eigenvalue weighted by molar-refractivity contribution is 0.0311. The molecule has 0 radical (unpaired) electrons. The number of hydrogen-bond acceptors (Lipinski definition) is 3. The SMILES string of the molecule is COc1ccc(CCO[C@H]2CCCC[C@H]2[SiH3])cc1OC. The Morgan fingerprint density at radius 1 is 1.10 bits per heavy atom. The van der Waals surface area contributed by atoms with Gasteiger partial charge in [0.25, 0.3) is 0 Å². The van der Waals surface area contributed by atoms with E-state index in [2.05, 4.69) is 6.07 Å². The molecule has 0 bridgehead atoms. The van der Waals surface area contributed by atoms with Crippen LogP contribution in [0.1, 0.15) is 31.2 Å². The summed E-state index contributed by atoms with van der Waals surface area (Å²) in [6.07, 6.45) is 6.79. The third-order valence-corrected chi connectivity index (χ3v) is 5.52. The van der Waals surface area contributed by atoms with Crippen LogP contribution < -0.4 is 9.47 Å². The molecule has 1 aromatic carbocycles. The van der Waals surface area contributed by atoms with Crippen molar-refractivity contribution in [3.63, 3.8) is 0 Å². The monoisotopic (exact) mass is 294 g/mol. The summed E-state index contributed by atoms with van der Waals surface area (Å²) in [5.41, 5.74) is 2.08. The van der Waals surface area contributed by atoms with Gasteiger partial charge in [-0.15, -0.1) is 0 Å². The molecule has 1 saturated carbocycles. The van der Waals surface area contributed by atoms with Gasteiger partial charge in [-0.1, -0.05) is 25.3 Å². The molecule has 2 atom stereocenters. The van der Waals surface area contributed by atoms with Crippen LogP contribution in [0.3, 0.4) is 0 Å². The molecule has 0 aliphatic heterocycles. The Morgan fingerprint density at radius 3 is 2.55 bits per heavy atom. The fourth-order valence-electron chi connectivity index (χ4n) is 2.89. The summed E-state index contributed by atoms with van der Waals surface area (Å²) >= 11 is 0. The van der Waals surface area contributed by atoms with Crippen molar-refractivity contribution in [2.24, 2.45) is 0 Å². The van der Waals surface area contributed by atoms with Gasteiger partial charge in [-0.3, -0.25) is 0 Å². The molecule has 0 amide bonds. The Balaban J connectivity index is 1.84. The largest absolute Gasteiger partial charge is 0.493 e. The summed E-state index contributed by atoms with van der Waals surface area (Å²) in [5, 5.41) is 0. The highest BCUT2D eigenvalue weighted by Gasteiger charge is 2.21. The zero-order valence-electron chi connectivity index (χ0n) is 12.9. The predicted octanol–water partition coefficient (Wildman–Crippen LogP) is 2.36. The second-order valence-electron chi connectivity index (χ2n) is 5.61. The Morgan fingerprint density at radius 2 is 1.85 bits per heavy atom. The summed E-state index contributed by atoms with van der Waals surface area (Å²) < 4.78 is 16.7. The minimum atomic E-state index is 0.510. The number of methoxy groups -OCH3 is 2. The lowest BCUT2D eigenvalue weighted by Crippen LogP contribution is -2.24. The van der Waals surface area contributed by atoms with Gasteiger partial charge in [-0.2, -0.15) is 0 Å². The van der Waals surface area contributed by atoms with Gasteiger partial charge in [0.05, 0.1) is 26.9 Å². The fraction of sp³-hybridized carbons (Fsp3) is 0.625. The first kappa shape index (κ1) is 15.4. The number of rotatable bonds is 6. The van der Waals surface area contributed by atoms with E-state index in [0.717, 1.165) is 30.1 Å². The van der Waals surface area contributed by atoms with Crippen molar-refractivity contribution in [3.8, 4) is 11.5 Å². The first-order chi connectivity index (χ1) is 9.74. The van der Waals surface area contributed by atoms with Crippen molar-refractivity contribution in [3.05, 3.63) is 23.8 Å². The number of benzene rings is 1. The topological polar surface area (TPSA) is 27.7 Å². The van der Waals surface area contributed by atoms with Crippen LogP contribution in [-0.4, -0.2) is 37.2 Å². The van der Waals surface area contributed by atoms with Crippen LogP contribution in [0.4, 0.5) is 0 Å². The Hall–Kier alpha value is -1.00. The molecule has 0 spiro atoms. The summed E-state index contributed by atoms with van der Waals surface area (Å²) in [6, 6.07) is 6.09. The average Bonchev–Trinajstić information content (AvgIpc) is 2.49. The Bertz CT molecular complexity index is 422. The van der Waals surface area contributed by atoms with Crippen LogP contribution in [0.5, 0.6) is 11.5 Å². The molecule has 4 heteroatoms. The molecule has 3 nitrogen and oxygen atoms in total. The zero-order valence-corrected chi connectivity index (χ0v) is 14.9. The zero-order chi connectivity index (χ0) is 14.4. The highest BCUT2D eigenvalue weighted by molar-refractivity contribution is 6.12. The lowest BCUT2D eigenvalue weighted by Gasteiger charge is -2.28. The molecule has 0 saturated heterocycles. The standard InChI is InChI=1S/C16H26O3Si/c1-17-13-8-7-12(11-15(13)18-2)9-10-19-14-5-3-4-6-16(14)20/h7-8,11,14,16H,3-6,9-10H2,1-2,20H3/t14-,16+/m0/s1. The van der Waals surface area contributed by atoms with Gasteiger partial charge in [-0.05, 0) is 36.1 Å². The van der Waals surface area contributed by atoms with Crippen molar-refractivity contribution in [2.75, 3.05) is 20.8 Å². The van der Waals surface area contributed by atoms with Crippen LogP contribution in [0.2, 0.25) is 5.54 Å². The van der Waals surface area contributed by atoms with Crippen LogP contribution >= 0.6 is 0 Å². The molecular formula is C16H26O3Si. The maximum atomic E-state index is 6.09. The predicted molar refractivity (Wildman–Crippen MR) is 85.1 cm³/mol. The second kappa shape index (κ2) is 7.69. The molecule has 20 heavy (non-hydrogen) atoms. The first-order valence-corrected chi connectivity index (χ1v) is 8.72. The Labute approximate surface area is 125 Å². The van der Waals surface area contributed by atoms with E-state index in [0.29, 0.717) is 6.10 Å². The van der Waals surface area contributed by atoms with Gasteiger partial charge in [0.2, 0.25) is 0 Å². The maximum Gasteiger partial charge on any atom is 0.160 e. The van der Waals surface area contributed by atoms with Gasteiger partial charge in [0.15, 0.2) is 11.5 Å². The third kappa shape index (κ3) is 3.99. The van der Waals surface area contributed by atoms with Gasteiger partial charge in [0.1, 0.15) is 0 Å². The molecule has 1 aromatic rings. The van der Waals surface area contributed by atoms with E-state index < -0.39 is 0 Å². The fourth-order valence-corrected chi connectivity index (χ4v) is 3.83. The summed E-state index contributed by atoms with van der Waals surface area (Å²) in [4.78, 5) is 0. The smallest absolute Gasteiger partial charge is 0.160 e. The summed E-state index contributed by atoms with van der Waals surface area (Å²) in [6.45, 7) is 0.804. The summed E-state index contributed by atoms with van der Waals surface area (Å²) in [7, 11) is 4.59. The second-order valence-corrected chi connectivity index (χ2v) is 7.09. The van der Waals surface area contributed by atoms with E-state index in [9.17, 15) is 0 Å². The molecule has 0 aromatic heterocycles. The lowest BCUT2D eigenvalue weighted by atomic mass is 9.97. The normalized spacial score (nSPS) is 22.7. The van der Waals surface area contributed by atoms with Crippen LogP contribution in [0, 0.1) is 0 Å². The van der Waals surface area contributed by atoms with Crippen LogP contribution in [0.25, 0.3) is 0 Å². The van der Waals surface area contributed by atoms with E-state index in [-0.39, 0.29) is 0 Å². The quantitative estimate of drug-likeness (QED) is 0.754. The number of hydrogen-bond donors (Lipinski definition) is 0. The van der Waals surface area contributed by atoms with E-state index in [1.54, 1.807) is 14.2 Å². The van der Waals surface area contributed by atoms with E-state index in [4.69, 9.17) is 14.2 Å². The van der Waals surface area contributed by atoms with Crippen molar-refractivity contribution < 1.29 is 14.2 Å². The molecule has 1 fully saturated rings. The minimum Gasteiger partial charge on any atom is -0.493 e. The van der Waals surface area contributed by atoms with Gasteiger partial charge in [-0.25, -0.2) is 0 Å². The molecular weight excluding hydrogens is 268 g/mol. The van der Waals surface area contributed by atoms with Crippen LogP contribution in [-0.2, 0) is 11.2 Å². The van der Waals surface area contributed by atoms with Crippen molar-refractivity contribution in [1.29, 1.82) is 0 Å². The first-order valence-electron chi connectivity index (χ1n) is 7.57. The van der Waals surface area contributed by atoms with Gasteiger partial charge < -0.3 is 14.2 Å². The molecule has 0 unspecified atom stereocenters. The molecule has 0 N–H and O–H groups in total. The van der Waals surface area contributed by atoms with E-state index >= 15 is 0 Å². The third-order valence-electron chi connectivity index (χ3n) is 4.20. The van der Waals surface area contributed by atoms with Crippen molar-refractivity contribution >= 4 is 10.2 Å². The maximum absolute atomic E-state index is 6.09. The van der Waals surface area contributed by atoms with Crippen molar-refractivity contribution in [2.45, 2.75) is 43.7 Å². The highest BCUT2D eigenvalue weighted by Crippen LogP contribution is 2.30. The van der Waals surface area contributed by atoms with Crippen LogP contribution in [0.15, 0.2) is 18.2 Å². The number of ether oxygens (including phenoxy) is 3. The molecule has 1 aliphatic carbocycles. The average molecular weight is 294 g/mol. The summed E-state index contributed by atoms with van der Waals surface area (Å²) in [5.74, 6) is 1.58. The van der Waals surface area contributed by atoms with E-state index in [1.807, 2.05) is 12.1 Å². The highest BCUT2D eigenvalue weighted by atomic mass is 28.1. The van der Waals surface area contributed by atoms with E-state index in [1.165, 1.54) is 41.5 Å². The molecule has 1 aliphatic rings. The van der Waals surface area contributed by atoms with Gasteiger partial charge >= 0.3 is 0 Å².